The third-order valence-electron chi connectivity index (χ3n) is 3.08. The topological polar surface area (TPSA) is 44.5 Å². The van der Waals surface area contributed by atoms with Gasteiger partial charge in [-0.3, -0.25) is 0 Å². The first kappa shape index (κ1) is 12.9. The molecule has 2 aromatic carbocycles. The summed E-state index contributed by atoms with van der Waals surface area (Å²) in [6, 6.07) is 12.1. The van der Waals surface area contributed by atoms with Crippen molar-refractivity contribution >= 4 is 16.5 Å². The molecule has 0 aliphatic rings. The molecule has 0 bridgehead atoms. The smallest absolute Gasteiger partial charge is 0.0804 e. The SMILES string of the molecule is COCCOC(C)c1ccc(N)c2ccccc12. The van der Waals surface area contributed by atoms with Gasteiger partial charge >= 0.3 is 0 Å². The summed E-state index contributed by atoms with van der Waals surface area (Å²) in [4.78, 5) is 0. The van der Waals surface area contributed by atoms with E-state index in [2.05, 4.69) is 6.07 Å². The molecular formula is C15H19NO2. The molecule has 0 saturated carbocycles. The maximum Gasteiger partial charge on any atom is 0.0804 e. The van der Waals surface area contributed by atoms with Gasteiger partial charge in [0.15, 0.2) is 0 Å². The van der Waals surface area contributed by atoms with E-state index in [-0.39, 0.29) is 6.10 Å². The second-order valence-electron chi connectivity index (χ2n) is 4.30. The van der Waals surface area contributed by atoms with Crippen molar-refractivity contribution in [3.05, 3.63) is 42.0 Å². The predicted octanol–water partition coefficient (Wildman–Crippen LogP) is 3.15. The predicted molar refractivity (Wildman–Crippen MR) is 74.6 cm³/mol. The van der Waals surface area contributed by atoms with Crippen molar-refractivity contribution in [2.24, 2.45) is 0 Å². The van der Waals surface area contributed by atoms with Gasteiger partial charge in [0.2, 0.25) is 0 Å². The quantitative estimate of drug-likeness (QED) is 0.650. The average molecular weight is 245 g/mol. The fraction of sp³-hybridized carbons (Fsp3) is 0.333. The number of anilines is 1. The summed E-state index contributed by atoms with van der Waals surface area (Å²) >= 11 is 0. The van der Waals surface area contributed by atoms with Crippen LogP contribution in [0.25, 0.3) is 10.8 Å². The van der Waals surface area contributed by atoms with E-state index in [0.29, 0.717) is 13.2 Å². The zero-order chi connectivity index (χ0) is 13.0. The summed E-state index contributed by atoms with van der Waals surface area (Å²) in [6.07, 6.45) is 0.0330. The molecule has 0 spiro atoms. The van der Waals surface area contributed by atoms with Crippen LogP contribution in [-0.4, -0.2) is 20.3 Å². The lowest BCUT2D eigenvalue weighted by molar-refractivity contribution is 0.0262. The van der Waals surface area contributed by atoms with E-state index in [0.717, 1.165) is 22.0 Å². The highest BCUT2D eigenvalue weighted by molar-refractivity contribution is 5.95. The minimum atomic E-state index is 0.0330. The third-order valence-corrected chi connectivity index (χ3v) is 3.08. The normalized spacial score (nSPS) is 12.8. The second kappa shape index (κ2) is 5.85. The van der Waals surface area contributed by atoms with Gasteiger partial charge in [0.1, 0.15) is 0 Å². The van der Waals surface area contributed by atoms with E-state index < -0.39 is 0 Å². The van der Waals surface area contributed by atoms with Crippen molar-refractivity contribution in [1.82, 2.24) is 0 Å². The Morgan fingerprint density at radius 3 is 2.50 bits per heavy atom. The Morgan fingerprint density at radius 1 is 1.06 bits per heavy atom. The third kappa shape index (κ3) is 2.63. The Labute approximate surface area is 108 Å². The van der Waals surface area contributed by atoms with Crippen LogP contribution in [0.3, 0.4) is 0 Å². The first-order chi connectivity index (χ1) is 8.74. The van der Waals surface area contributed by atoms with E-state index in [1.165, 1.54) is 0 Å². The molecule has 3 nitrogen and oxygen atoms in total. The number of methoxy groups -OCH3 is 1. The van der Waals surface area contributed by atoms with E-state index in [4.69, 9.17) is 15.2 Å². The lowest BCUT2D eigenvalue weighted by atomic mass is 10.00. The minimum Gasteiger partial charge on any atom is -0.398 e. The lowest BCUT2D eigenvalue weighted by Crippen LogP contribution is -2.06. The Hall–Kier alpha value is -1.58. The van der Waals surface area contributed by atoms with Crippen LogP contribution in [0.15, 0.2) is 36.4 Å². The van der Waals surface area contributed by atoms with E-state index in [9.17, 15) is 0 Å². The molecule has 0 fully saturated rings. The molecule has 0 aliphatic carbocycles. The molecule has 2 aromatic rings. The minimum absolute atomic E-state index is 0.0330. The number of hydrogen-bond acceptors (Lipinski definition) is 3. The van der Waals surface area contributed by atoms with Crippen LogP contribution in [0.1, 0.15) is 18.6 Å². The largest absolute Gasteiger partial charge is 0.398 e. The maximum absolute atomic E-state index is 5.99. The van der Waals surface area contributed by atoms with Crippen LogP contribution >= 0.6 is 0 Å². The Bertz CT molecular complexity index is 525. The number of hydrogen-bond donors (Lipinski definition) is 1. The van der Waals surface area contributed by atoms with Gasteiger partial charge in [-0.2, -0.15) is 0 Å². The van der Waals surface area contributed by atoms with Crippen molar-refractivity contribution in [3.8, 4) is 0 Å². The Morgan fingerprint density at radius 2 is 1.78 bits per heavy atom. The van der Waals surface area contributed by atoms with Gasteiger partial charge in [-0.1, -0.05) is 30.3 Å². The average Bonchev–Trinajstić information content (AvgIpc) is 2.39. The van der Waals surface area contributed by atoms with Crippen LogP contribution in [0.2, 0.25) is 0 Å². The highest BCUT2D eigenvalue weighted by Crippen LogP contribution is 2.29. The zero-order valence-electron chi connectivity index (χ0n) is 10.8. The monoisotopic (exact) mass is 245 g/mol. The van der Waals surface area contributed by atoms with Gasteiger partial charge in [0.25, 0.3) is 0 Å². The molecule has 0 saturated heterocycles. The summed E-state index contributed by atoms with van der Waals surface area (Å²) in [7, 11) is 1.67. The number of ether oxygens (including phenoxy) is 2. The first-order valence-electron chi connectivity index (χ1n) is 6.11. The molecular weight excluding hydrogens is 226 g/mol. The van der Waals surface area contributed by atoms with Crippen LogP contribution < -0.4 is 5.73 Å². The summed E-state index contributed by atoms with van der Waals surface area (Å²) in [5.74, 6) is 0. The van der Waals surface area contributed by atoms with E-state index in [1.54, 1.807) is 7.11 Å². The lowest BCUT2D eigenvalue weighted by Gasteiger charge is -2.16. The van der Waals surface area contributed by atoms with E-state index >= 15 is 0 Å². The van der Waals surface area contributed by atoms with Crippen LogP contribution in [0, 0.1) is 0 Å². The van der Waals surface area contributed by atoms with Crippen molar-refractivity contribution in [2.75, 3.05) is 26.1 Å². The van der Waals surface area contributed by atoms with E-state index in [1.807, 2.05) is 37.3 Å². The number of rotatable bonds is 5. The molecule has 1 unspecified atom stereocenters. The number of benzene rings is 2. The number of nitrogen functional groups attached to an aromatic ring is 1. The first-order valence-corrected chi connectivity index (χ1v) is 6.11. The molecule has 2 rings (SSSR count). The second-order valence-corrected chi connectivity index (χ2v) is 4.30. The van der Waals surface area contributed by atoms with Crippen LogP contribution in [0.4, 0.5) is 5.69 Å². The fourth-order valence-corrected chi connectivity index (χ4v) is 2.10. The standard InChI is InChI=1S/C15H19NO2/c1-11(18-10-9-17-2)12-7-8-15(16)14-6-4-3-5-13(12)14/h3-8,11H,9-10,16H2,1-2H3. The molecule has 96 valence electrons. The van der Waals surface area contributed by atoms with Gasteiger partial charge in [-0.15, -0.1) is 0 Å². The zero-order valence-corrected chi connectivity index (χ0v) is 10.8. The summed E-state index contributed by atoms with van der Waals surface area (Å²) < 4.78 is 10.7. The molecule has 0 aromatic heterocycles. The maximum atomic E-state index is 5.99. The highest BCUT2D eigenvalue weighted by atomic mass is 16.5. The van der Waals surface area contributed by atoms with Crippen LogP contribution in [-0.2, 0) is 9.47 Å². The van der Waals surface area contributed by atoms with Crippen molar-refractivity contribution in [1.29, 1.82) is 0 Å². The molecule has 0 radical (unpaired) electrons. The fourth-order valence-electron chi connectivity index (χ4n) is 2.10. The van der Waals surface area contributed by atoms with Crippen molar-refractivity contribution in [2.45, 2.75) is 13.0 Å². The summed E-state index contributed by atoms with van der Waals surface area (Å²) in [5, 5.41) is 2.24. The number of fused-ring (bicyclic) bond motifs is 1. The van der Waals surface area contributed by atoms with Crippen LogP contribution in [0.5, 0.6) is 0 Å². The molecule has 2 N–H and O–H groups in total. The highest BCUT2D eigenvalue weighted by Gasteiger charge is 2.10. The Kier molecular flexibility index (Phi) is 4.18. The van der Waals surface area contributed by atoms with Gasteiger partial charge in [-0.25, -0.2) is 0 Å². The molecule has 0 heterocycles. The van der Waals surface area contributed by atoms with Gasteiger partial charge in [0, 0.05) is 18.2 Å². The van der Waals surface area contributed by atoms with Gasteiger partial charge in [0.05, 0.1) is 19.3 Å². The Balaban J connectivity index is 2.30. The number of nitrogens with two attached hydrogens (primary N) is 1. The summed E-state index contributed by atoms with van der Waals surface area (Å²) in [6.45, 7) is 3.25. The molecule has 3 heteroatoms. The van der Waals surface area contributed by atoms with Gasteiger partial charge in [-0.05, 0) is 23.9 Å². The van der Waals surface area contributed by atoms with Crippen molar-refractivity contribution < 1.29 is 9.47 Å². The van der Waals surface area contributed by atoms with Gasteiger partial charge < -0.3 is 15.2 Å². The molecule has 18 heavy (non-hydrogen) atoms. The van der Waals surface area contributed by atoms with Crippen molar-refractivity contribution in [3.63, 3.8) is 0 Å². The summed E-state index contributed by atoms with van der Waals surface area (Å²) in [5.41, 5.74) is 7.95. The molecule has 0 aliphatic heterocycles. The molecule has 0 amide bonds. The molecule has 1 atom stereocenters.